The number of carbonyl (C=O) groups excluding carboxylic acids is 1. The first-order chi connectivity index (χ1) is 13.7. The van der Waals surface area contributed by atoms with Crippen molar-refractivity contribution in [2.45, 2.75) is 31.5 Å². The van der Waals surface area contributed by atoms with Gasteiger partial charge in [-0.15, -0.1) is 0 Å². The van der Waals surface area contributed by atoms with Crippen LogP contribution >= 0.6 is 0 Å². The molecule has 0 aromatic heterocycles. The molecular weight excluding hydrogens is 360 g/mol. The Labute approximate surface area is 169 Å². The topological polar surface area (TPSA) is 26.3 Å². The van der Waals surface area contributed by atoms with E-state index in [-0.39, 0.29) is 5.97 Å². The van der Waals surface area contributed by atoms with Gasteiger partial charge in [-0.3, -0.25) is 4.79 Å². The molecule has 0 aliphatic heterocycles. The minimum atomic E-state index is -2.50. The molecule has 0 spiro atoms. The van der Waals surface area contributed by atoms with Crippen LogP contribution in [0.25, 0.3) is 0 Å². The zero-order valence-corrected chi connectivity index (χ0v) is 17.4. The summed E-state index contributed by atoms with van der Waals surface area (Å²) in [5.41, 5.74) is 3.68. The summed E-state index contributed by atoms with van der Waals surface area (Å²) < 4.78 is 6.33. The van der Waals surface area contributed by atoms with E-state index in [9.17, 15) is 4.79 Å². The lowest BCUT2D eigenvalue weighted by atomic mass is 10.2. The van der Waals surface area contributed by atoms with Crippen LogP contribution in [0.15, 0.2) is 91.0 Å². The molecule has 28 heavy (non-hydrogen) atoms. The third kappa shape index (κ3) is 5.93. The number of hydrogen-bond donors (Lipinski definition) is 0. The van der Waals surface area contributed by atoms with E-state index in [2.05, 4.69) is 72.8 Å². The highest BCUT2D eigenvalue weighted by molar-refractivity contribution is 6.73. The number of carbonyl (C=O) groups is 1. The Hall–Kier alpha value is -2.65. The predicted octanol–water partition coefficient (Wildman–Crippen LogP) is 5.44. The van der Waals surface area contributed by atoms with Gasteiger partial charge < -0.3 is 4.43 Å². The highest BCUT2D eigenvalue weighted by Crippen LogP contribution is 2.24. The molecule has 0 aliphatic rings. The Morgan fingerprint density at radius 2 is 1.07 bits per heavy atom. The van der Waals surface area contributed by atoms with Crippen LogP contribution in [0.4, 0.5) is 0 Å². The third-order valence-electron chi connectivity index (χ3n) is 4.80. The molecule has 0 unspecified atom stereocenters. The largest absolute Gasteiger partial charge is 0.518 e. The van der Waals surface area contributed by atoms with E-state index in [0.717, 1.165) is 18.1 Å². The first-order valence-corrected chi connectivity index (χ1v) is 12.4. The Kier molecular flexibility index (Phi) is 7.21. The Bertz CT molecular complexity index is 746. The molecule has 2 nitrogen and oxygen atoms in total. The van der Waals surface area contributed by atoms with Gasteiger partial charge in [0.05, 0.1) is 6.42 Å². The maximum absolute atomic E-state index is 12.6. The van der Waals surface area contributed by atoms with E-state index < -0.39 is 8.32 Å². The first kappa shape index (κ1) is 20.1. The van der Waals surface area contributed by atoms with Crippen LogP contribution in [0.5, 0.6) is 0 Å². The first-order valence-electron chi connectivity index (χ1n) is 9.87. The van der Waals surface area contributed by atoms with Crippen LogP contribution in [0.3, 0.4) is 0 Å². The molecule has 3 aromatic rings. The molecule has 0 saturated carbocycles. The molecule has 3 aromatic carbocycles. The van der Waals surface area contributed by atoms with Crippen LogP contribution in [-0.2, 0) is 27.4 Å². The molecule has 1 radical (unpaired) electrons. The van der Waals surface area contributed by atoms with E-state index >= 15 is 0 Å². The summed E-state index contributed by atoms with van der Waals surface area (Å²) in [6, 6.07) is 33.6. The van der Waals surface area contributed by atoms with E-state index in [4.69, 9.17) is 4.43 Å². The Balaban J connectivity index is 1.98. The van der Waals surface area contributed by atoms with Crippen molar-refractivity contribution >= 4 is 14.3 Å². The SMILES string of the molecule is CC[CH]C(=O)O[Si](Cc1ccccc1)(Cc1ccccc1)Cc1ccccc1. The molecule has 0 N–H and O–H groups in total. The predicted molar refractivity (Wildman–Crippen MR) is 117 cm³/mol. The molecule has 3 heteroatoms. The average molecular weight is 388 g/mol. The molecule has 3 rings (SSSR count). The third-order valence-corrected chi connectivity index (χ3v) is 8.59. The van der Waals surface area contributed by atoms with Gasteiger partial charge in [-0.05, 0) is 23.1 Å². The Morgan fingerprint density at radius 1 is 0.714 bits per heavy atom. The fraction of sp³-hybridized carbons (Fsp3) is 0.200. The normalized spacial score (nSPS) is 11.2. The van der Waals surface area contributed by atoms with Gasteiger partial charge in [0.2, 0.25) is 0 Å². The lowest BCUT2D eigenvalue weighted by molar-refractivity contribution is -0.131. The van der Waals surface area contributed by atoms with Crippen LogP contribution in [0, 0.1) is 6.42 Å². The molecule has 143 valence electrons. The zero-order chi connectivity index (χ0) is 19.7. The summed E-state index contributed by atoms with van der Waals surface area (Å²) in [6.07, 6.45) is 2.34. The van der Waals surface area contributed by atoms with Gasteiger partial charge in [-0.1, -0.05) is 97.9 Å². The summed E-state index contributed by atoms with van der Waals surface area (Å²) in [5.74, 6) is -0.183. The van der Waals surface area contributed by atoms with Crippen molar-refractivity contribution in [2.75, 3.05) is 0 Å². The monoisotopic (exact) mass is 387 g/mol. The second-order valence-corrected chi connectivity index (χ2v) is 10.8. The minimum Gasteiger partial charge on any atom is -0.518 e. The number of rotatable bonds is 9. The molecule has 0 saturated heterocycles. The van der Waals surface area contributed by atoms with Gasteiger partial charge in [-0.25, -0.2) is 0 Å². The van der Waals surface area contributed by atoms with Crippen molar-refractivity contribution < 1.29 is 9.22 Å². The van der Waals surface area contributed by atoms with Crippen molar-refractivity contribution in [1.29, 1.82) is 0 Å². The fourth-order valence-electron chi connectivity index (χ4n) is 3.62. The summed E-state index contributed by atoms with van der Waals surface area (Å²) in [7, 11) is -2.50. The number of benzene rings is 3. The molecular formula is C25H27O2Si. The molecule has 0 heterocycles. The van der Waals surface area contributed by atoms with Crippen LogP contribution in [0.2, 0.25) is 0 Å². The summed E-state index contributed by atoms with van der Waals surface area (Å²) in [4.78, 5) is 12.6. The highest BCUT2D eigenvalue weighted by atomic mass is 28.4. The minimum absolute atomic E-state index is 0.183. The molecule has 0 fully saturated rings. The molecule has 0 aliphatic carbocycles. The quantitative estimate of drug-likeness (QED) is 0.457. The molecule has 0 atom stereocenters. The molecule has 0 amide bonds. The second-order valence-electron chi connectivity index (χ2n) is 7.20. The van der Waals surface area contributed by atoms with Crippen molar-refractivity contribution in [3.63, 3.8) is 0 Å². The van der Waals surface area contributed by atoms with Crippen molar-refractivity contribution in [1.82, 2.24) is 0 Å². The summed E-state index contributed by atoms with van der Waals surface area (Å²) in [5, 5.41) is 0. The van der Waals surface area contributed by atoms with Gasteiger partial charge in [0.15, 0.2) is 0 Å². The van der Waals surface area contributed by atoms with Crippen LogP contribution in [-0.4, -0.2) is 14.3 Å². The van der Waals surface area contributed by atoms with Gasteiger partial charge >= 0.3 is 0 Å². The smallest absolute Gasteiger partial charge is 0.296 e. The number of hydrogen-bond acceptors (Lipinski definition) is 2. The van der Waals surface area contributed by atoms with Crippen molar-refractivity contribution in [2.24, 2.45) is 0 Å². The van der Waals surface area contributed by atoms with Crippen molar-refractivity contribution in [3.05, 3.63) is 114 Å². The van der Waals surface area contributed by atoms with E-state index in [1.54, 1.807) is 6.42 Å². The summed E-state index contributed by atoms with van der Waals surface area (Å²) in [6.45, 7) is 1.97. The van der Waals surface area contributed by atoms with Gasteiger partial charge in [0.25, 0.3) is 14.3 Å². The fourth-order valence-corrected chi connectivity index (χ4v) is 7.66. The van der Waals surface area contributed by atoms with Gasteiger partial charge in [0.1, 0.15) is 0 Å². The maximum Gasteiger partial charge on any atom is 0.296 e. The zero-order valence-electron chi connectivity index (χ0n) is 16.4. The van der Waals surface area contributed by atoms with Gasteiger partial charge in [-0.2, -0.15) is 0 Å². The van der Waals surface area contributed by atoms with E-state index in [1.807, 2.05) is 25.1 Å². The molecule has 0 bridgehead atoms. The average Bonchev–Trinajstić information content (AvgIpc) is 2.70. The highest BCUT2D eigenvalue weighted by Gasteiger charge is 2.39. The maximum atomic E-state index is 12.6. The standard InChI is InChI=1S/C25H27O2Si/c1-2-12-25(26)27-28(19-22-13-6-3-7-14-22,20-23-15-8-4-9-16-23)21-24-17-10-5-11-18-24/h3-18H,2,19-21H2,1H3. The van der Waals surface area contributed by atoms with Crippen molar-refractivity contribution in [3.8, 4) is 0 Å². The van der Waals surface area contributed by atoms with E-state index in [1.165, 1.54) is 16.7 Å². The van der Waals surface area contributed by atoms with Crippen LogP contribution < -0.4 is 0 Å². The van der Waals surface area contributed by atoms with Crippen LogP contribution in [0.1, 0.15) is 30.0 Å². The lowest BCUT2D eigenvalue weighted by Gasteiger charge is -2.32. The summed E-state index contributed by atoms with van der Waals surface area (Å²) >= 11 is 0. The second kappa shape index (κ2) is 10.0. The Morgan fingerprint density at radius 3 is 1.39 bits per heavy atom. The van der Waals surface area contributed by atoms with Gasteiger partial charge in [0, 0.05) is 18.1 Å². The lowest BCUT2D eigenvalue weighted by Crippen LogP contribution is -2.49. The van der Waals surface area contributed by atoms with E-state index in [0.29, 0.717) is 6.42 Å².